The van der Waals surface area contributed by atoms with Crippen molar-refractivity contribution in [2.75, 3.05) is 13.2 Å². The zero-order chi connectivity index (χ0) is 21.2. The molecule has 2 aromatic carbocycles. The van der Waals surface area contributed by atoms with Crippen molar-refractivity contribution in [1.82, 2.24) is 0 Å². The minimum atomic E-state index is -0.403. The Morgan fingerprint density at radius 3 is 2.10 bits per heavy atom. The highest BCUT2D eigenvalue weighted by molar-refractivity contribution is 6.61. The SMILES string of the molecule is CCCCCCCCCCC1COB(c2ccc(-c3ccc(Cl)c(F)c3)cc2)OC1. The molecule has 0 radical (unpaired) electrons. The molecule has 1 fully saturated rings. The summed E-state index contributed by atoms with van der Waals surface area (Å²) in [6, 6.07) is 12.8. The number of hydrogen-bond donors (Lipinski definition) is 0. The van der Waals surface area contributed by atoms with Gasteiger partial charge in [-0.25, -0.2) is 4.39 Å². The summed E-state index contributed by atoms with van der Waals surface area (Å²) < 4.78 is 25.7. The van der Waals surface area contributed by atoms with Gasteiger partial charge in [0.2, 0.25) is 0 Å². The van der Waals surface area contributed by atoms with Crippen molar-refractivity contribution in [2.45, 2.75) is 64.7 Å². The minimum absolute atomic E-state index is 0.140. The van der Waals surface area contributed by atoms with Gasteiger partial charge in [0.25, 0.3) is 0 Å². The maximum absolute atomic E-state index is 13.7. The van der Waals surface area contributed by atoms with Crippen LogP contribution in [0.2, 0.25) is 5.02 Å². The van der Waals surface area contributed by atoms with Crippen molar-refractivity contribution in [3.05, 3.63) is 53.3 Å². The summed E-state index contributed by atoms with van der Waals surface area (Å²) in [5.74, 6) is 0.0948. The first kappa shape index (κ1) is 23.3. The van der Waals surface area contributed by atoms with E-state index in [-0.39, 0.29) is 12.1 Å². The molecule has 0 N–H and O–H groups in total. The van der Waals surface area contributed by atoms with Crippen LogP contribution in [0.1, 0.15) is 64.7 Å². The molecule has 0 unspecified atom stereocenters. The summed E-state index contributed by atoms with van der Waals surface area (Å²) in [6.07, 6.45) is 12.0. The molecule has 1 aliphatic rings. The predicted octanol–water partition coefficient (Wildman–Crippen LogP) is 7.04. The third-order valence-corrected chi connectivity index (χ3v) is 6.17. The third-order valence-electron chi connectivity index (χ3n) is 5.87. The van der Waals surface area contributed by atoms with Crippen molar-refractivity contribution >= 4 is 24.2 Å². The smallest absolute Gasteiger partial charge is 0.407 e. The van der Waals surface area contributed by atoms with Gasteiger partial charge in [-0.05, 0) is 35.1 Å². The van der Waals surface area contributed by atoms with Crippen LogP contribution in [0.25, 0.3) is 11.1 Å². The van der Waals surface area contributed by atoms with Crippen molar-refractivity contribution in [1.29, 1.82) is 0 Å². The topological polar surface area (TPSA) is 18.5 Å². The summed E-state index contributed by atoms with van der Waals surface area (Å²) >= 11 is 5.77. The number of hydrogen-bond acceptors (Lipinski definition) is 2. The Morgan fingerprint density at radius 1 is 0.867 bits per heavy atom. The van der Waals surface area contributed by atoms with E-state index in [1.807, 2.05) is 30.3 Å². The highest BCUT2D eigenvalue weighted by atomic mass is 35.5. The fourth-order valence-corrected chi connectivity index (χ4v) is 4.10. The van der Waals surface area contributed by atoms with E-state index in [1.54, 1.807) is 6.07 Å². The maximum Gasteiger partial charge on any atom is 0.493 e. The fourth-order valence-electron chi connectivity index (χ4n) is 3.98. The maximum atomic E-state index is 13.7. The molecule has 2 aromatic rings. The molecule has 0 aliphatic carbocycles. The third kappa shape index (κ3) is 7.11. The van der Waals surface area contributed by atoms with Crippen LogP contribution >= 0.6 is 11.6 Å². The second kappa shape index (κ2) is 12.5. The summed E-state index contributed by atoms with van der Waals surface area (Å²) in [7, 11) is -0.309. The Kier molecular flexibility index (Phi) is 9.70. The normalized spacial score (nSPS) is 15.0. The minimum Gasteiger partial charge on any atom is -0.407 e. The largest absolute Gasteiger partial charge is 0.493 e. The second-order valence-corrected chi connectivity index (χ2v) is 8.79. The van der Waals surface area contributed by atoms with E-state index in [1.165, 1.54) is 63.9 Å². The first-order valence-electron chi connectivity index (χ1n) is 11.5. The summed E-state index contributed by atoms with van der Waals surface area (Å²) in [5, 5.41) is 0.140. The van der Waals surface area contributed by atoms with Crippen molar-refractivity contribution in [3.8, 4) is 11.1 Å². The van der Waals surface area contributed by atoms with E-state index in [0.717, 1.165) is 29.8 Å². The van der Waals surface area contributed by atoms with Gasteiger partial charge < -0.3 is 9.31 Å². The molecule has 1 aliphatic heterocycles. The Labute approximate surface area is 186 Å². The van der Waals surface area contributed by atoms with Gasteiger partial charge >= 0.3 is 7.12 Å². The first-order chi connectivity index (χ1) is 14.7. The lowest BCUT2D eigenvalue weighted by Gasteiger charge is -2.27. The predicted molar refractivity (Wildman–Crippen MR) is 125 cm³/mol. The van der Waals surface area contributed by atoms with Crippen LogP contribution in [0.3, 0.4) is 0 Å². The highest BCUT2D eigenvalue weighted by Crippen LogP contribution is 2.24. The standard InChI is InChI=1S/C25H33BClFO2/c1-2-3-4-5-6-7-8-9-10-20-18-29-26(30-19-20)23-14-11-21(12-15-23)22-13-16-24(27)25(28)17-22/h11-17,20H,2-10,18-19H2,1H3. The van der Waals surface area contributed by atoms with Crippen LogP contribution in [0.5, 0.6) is 0 Å². The fraction of sp³-hybridized carbons (Fsp3) is 0.520. The zero-order valence-electron chi connectivity index (χ0n) is 18.0. The second-order valence-electron chi connectivity index (χ2n) is 8.38. The Balaban J connectivity index is 1.37. The van der Waals surface area contributed by atoms with Gasteiger partial charge in [-0.2, -0.15) is 0 Å². The molecule has 3 rings (SSSR count). The summed E-state index contributed by atoms with van der Waals surface area (Å²) in [4.78, 5) is 0. The van der Waals surface area contributed by atoms with E-state index in [4.69, 9.17) is 20.9 Å². The van der Waals surface area contributed by atoms with Crippen LogP contribution in [-0.4, -0.2) is 20.3 Å². The number of rotatable bonds is 11. The number of unbranched alkanes of at least 4 members (excludes halogenated alkanes) is 7. The van der Waals surface area contributed by atoms with Crippen LogP contribution in [-0.2, 0) is 9.31 Å². The van der Waals surface area contributed by atoms with Crippen LogP contribution < -0.4 is 5.46 Å². The van der Waals surface area contributed by atoms with E-state index in [9.17, 15) is 4.39 Å². The van der Waals surface area contributed by atoms with E-state index < -0.39 is 5.82 Å². The monoisotopic (exact) mass is 430 g/mol. The molecular weight excluding hydrogens is 398 g/mol. The molecular formula is C25H33BClFO2. The zero-order valence-corrected chi connectivity index (χ0v) is 18.8. The molecule has 2 nitrogen and oxygen atoms in total. The van der Waals surface area contributed by atoms with E-state index in [2.05, 4.69) is 6.92 Å². The Bertz CT molecular complexity index is 760. The summed E-state index contributed by atoms with van der Waals surface area (Å²) in [6.45, 7) is 3.77. The molecule has 0 atom stereocenters. The Hall–Kier alpha value is -1.36. The molecule has 0 saturated carbocycles. The van der Waals surface area contributed by atoms with Crippen molar-refractivity contribution in [2.24, 2.45) is 5.92 Å². The first-order valence-corrected chi connectivity index (χ1v) is 11.8. The lowest BCUT2D eigenvalue weighted by atomic mass is 9.76. The number of benzene rings is 2. The van der Waals surface area contributed by atoms with Crippen LogP contribution in [0, 0.1) is 11.7 Å². The van der Waals surface area contributed by atoms with Gasteiger partial charge in [-0.15, -0.1) is 0 Å². The van der Waals surface area contributed by atoms with Crippen LogP contribution in [0.15, 0.2) is 42.5 Å². The molecule has 1 heterocycles. The molecule has 0 amide bonds. The molecule has 0 spiro atoms. The molecule has 5 heteroatoms. The van der Waals surface area contributed by atoms with Gasteiger partial charge in [0.15, 0.2) is 0 Å². The van der Waals surface area contributed by atoms with E-state index in [0.29, 0.717) is 5.92 Å². The molecule has 1 saturated heterocycles. The lowest BCUT2D eigenvalue weighted by Crippen LogP contribution is -2.44. The van der Waals surface area contributed by atoms with E-state index >= 15 is 0 Å². The quantitative estimate of drug-likeness (QED) is 0.281. The molecule has 0 aromatic heterocycles. The molecule has 30 heavy (non-hydrogen) atoms. The van der Waals surface area contributed by atoms with Gasteiger partial charge in [-0.3, -0.25) is 0 Å². The van der Waals surface area contributed by atoms with Gasteiger partial charge in [0.1, 0.15) is 5.82 Å². The van der Waals surface area contributed by atoms with Crippen molar-refractivity contribution < 1.29 is 13.7 Å². The van der Waals surface area contributed by atoms with Crippen LogP contribution in [0.4, 0.5) is 4.39 Å². The Morgan fingerprint density at radius 2 is 1.47 bits per heavy atom. The number of halogens is 2. The summed E-state index contributed by atoms with van der Waals surface area (Å²) in [5.41, 5.74) is 2.75. The van der Waals surface area contributed by atoms with Gasteiger partial charge in [-0.1, -0.05) is 100 Å². The van der Waals surface area contributed by atoms with Gasteiger partial charge in [0.05, 0.1) is 5.02 Å². The average Bonchev–Trinajstić information content (AvgIpc) is 2.78. The highest BCUT2D eigenvalue weighted by Gasteiger charge is 2.28. The van der Waals surface area contributed by atoms with Gasteiger partial charge in [0, 0.05) is 19.1 Å². The lowest BCUT2D eigenvalue weighted by molar-refractivity contribution is 0.0810. The van der Waals surface area contributed by atoms with Crippen molar-refractivity contribution in [3.63, 3.8) is 0 Å². The molecule has 162 valence electrons. The average molecular weight is 431 g/mol. The molecule has 0 bridgehead atoms.